The summed E-state index contributed by atoms with van der Waals surface area (Å²) in [5.74, 6) is 0.387. The quantitative estimate of drug-likeness (QED) is 0.663. The number of pyridine rings is 1. The molecule has 0 aliphatic heterocycles. The molecule has 0 aliphatic carbocycles. The Bertz CT molecular complexity index is 790. The molecule has 1 heterocycles. The minimum absolute atomic E-state index is 0.204. The molecular weight excluding hydrogens is 360 g/mol. The molecule has 0 radical (unpaired) electrons. The first-order valence-electron chi connectivity index (χ1n) is 9.09. The van der Waals surface area contributed by atoms with Crippen molar-refractivity contribution >= 4 is 17.7 Å². The molecule has 7 heteroatoms. The Morgan fingerprint density at radius 1 is 1.07 bits per heavy atom. The van der Waals surface area contributed by atoms with Gasteiger partial charge in [-0.15, -0.1) is 0 Å². The Morgan fingerprint density at radius 2 is 1.82 bits per heavy atom. The summed E-state index contributed by atoms with van der Waals surface area (Å²) >= 11 is 0. The van der Waals surface area contributed by atoms with Crippen LogP contribution in [0.5, 0.6) is 5.75 Å². The Morgan fingerprint density at radius 3 is 2.46 bits per heavy atom. The number of aromatic nitrogens is 1. The number of hydrogen-bond donors (Lipinski definition) is 1. The monoisotopic (exact) mass is 386 g/mol. The molecule has 2 rings (SSSR count). The number of rotatable bonds is 9. The number of hydrogen-bond acceptors (Lipinski definition) is 6. The van der Waals surface area contributed by atoms with Crippen molar-refractivity contribution in [1.82, 2.24) is 4.98 Å². The predicted molar refractivity (Wildman–Crippen MR) is 106 cm³/mol. The Kier molecular flexibility index (Phi) is 7.95. The molecule has 0 bridgehead atoms. The second-order valence-corrected chi connectivity index (χ2v) is 6.73. The van der Waals surface area contributed by atoms with Crippen LogP contribution in [-0.2, 0) is 9.47 Å². The fourth-order valence-electron chi connectivity index (χ4n) is 2.37. The fraction of sp³-hybridized carbons (Fsp3) is 0.381. The molecule has 1 aromatic carbocycles. The van der Waals surface area contributed by atoms with Crippen LogP contribution in [0.1, 0.15) is 41.5 Å². The lowest BCUT2D eigenvalue weighted by molar-refractivity contribution is 0.0449. The fourth-order valence-corrected chi connectivity index (χ4v) is 2.37. The van der Waals surface area contributed by atoms with E-state index in [-0.39, 0.29) is 12.0 Å². The summed E-state index contributed by atoms with van der Waals surface area (Å²) < 4.78 is 16.1. The maximum absolute atomic E-state index is 12.6. The van der Waals surface area contributed by atoms with Crippen LogP contribution in [0.2, 0.25) is 0 Å². The number of anilines is 1. The number of para-hydroxylation sites is 1. The smallest absolute Gasteiger partial charge is 0.339 e. The second-order valence-electron chi connectivity index (χ2n) is 6.73. The topological polar surface area (TPSA) is 86.8 Å². The van der Waals surface area contributed by atoms with E-state index in [0.717, 1.165) is 0 Å². The summed E-state index contributed by atoms with van der Waals surface area (Å²) in [5.41, 5.74) is 0.691. The molecule has 1 unspecified atom stereocenters. The van der Waals surface area contributed by atoms with Crippen LogP contribution in [0, 0.1) is 5.92 Å². The molecule has 0 fully saturated rings. The third kappa shape index (κ3) is 6.35. The van der Waals surface area contributed by atoms with Crippen molar-refractivity contribution in [2.75, 3.05) is 25.6 Å². The van der Waals surface area contributed by atoms with Crippen LogP contribution in [0.3, 0.4) is 0 Å². The van der Waals surface area contributed by atoms with Crippen molar-refractivity contribution < 1.29 is 23.8 Å². The zero-order chi connectivity index (χ0) is 20.5. The molecular formula is C21H26N2O5. The van der Waals surface area contributed by atoms with Crippen LogP contribution in [0.15, 0.2) is 42.6 Å². The molecule has 1 atom stereocenters. The first-order valence-corrected chi connectivity index (χ1v) is 9.09. The van der Waals surface area contributed by atoms with Gasteiger partial charge in [-0.05, 0) is 37.1 Å². The van der Waals surface area contributed by atoms with Gasteiger partial charge >= 0.3 is 5.97 Å². The molecule has 1 amide bonds. The predicted octanol–water partition coefficient (Wildman–Crippen LogP) is 3.56. The van der Waals surface area contributed by atoms with Gasteiger partial charge in [0.25, 0.3) is 5.91 Å². The van der Waals surface area contributed by atoms with E-state index in [9.17, 15) is 9.59 Å². The lowest BCUT2D eigenvalue weighted by Gasteiger charge is -2.18. The molecule has 0 saturated carbocycles. The number of nitrogens with one attached hydrogen (secondary N) is 1. The van der Waals surface area contributed by atoms with E-state index in [1.54, 1.807) is 24.3 Å². The van der Waals surface area contributed by atoms with E-state index in [1.165, 1.54) is 25.4 Å². The summed E-state index contributed by atoms with van der Waals surface area (Å²) in [4.78, 5) is 28.2. The molecule has 0 spiro atoms. The second kappa shape index (κ2) is 10.4. The van der Waals surface area contributed by atoms with Gasteiger partial charge in [-0.3, -0.25) is 4.79 Å². The van der Waals surface area contributed by atoms with Crippen LogP contribution in [0.25, 0.3) is 0 Å². The van der Waals surface area contributed by atoms with Crippen LogP contribution in [0.4, 0.5) is 5.82 Å². The Balaban J connectivity index is 2.02. The van der Waals surface area contributed by atoms with Gasteiger partial charge in [-0.1, -0.05) is 26.0 Å². The number of carbonyl (C=O) groups is 2. The maximum atomic E-state index is 12.6. The largest absolute Gasteiger partial charge is 0.487 e. The van der Waals surface area contributed by atoms with E-state index in [4.69, 9.17) is 9.47 Å². The minimum atomic E-state index is -0.488. The van der Waals surface area contributed by atoms with Crippen LogP contribution >= 0.6 is 0 Å². The summed E-state index contributed by atoms with van der Waals surface area (Å²) in [5, 5.41) is 2.70. The standard InChI is InChI=1S/C21H26N2O5/c1-14(2)12-27-13-15(3)28-18-8-6-5-7-17(18)20(24)23-19-10-9-16(11-22-19)21(25)26-4/h5-11,14-15H,12-13H2,1-4H3,(H,22,23,24). The minimum Gasteiger partial charge on any atom is -0.487 e. The highest BCUT2D eigenvalue weighted by molar-refractivity contribution is 6.05. The van der Waals surface area contributed by atoms with Crippen molar-refractivity contribution in [3.63, 3.8) is 0 Å². The third-order valence-corrected chi connectivity index (χ3v) is 3.69. The molecule has 7 nitrogen and oxygen atoms in total. The van der Waals surface area contributed by atoms with Gasteiger partial charge < -0.3 is 19.5 Å². The van der Waals surface area contributed by atoms with Crippen molar-refractivity contribution in [1.29, 1.82) is 0 Å². The molecule has 1 N–H and O–H groups in total. The molecule has 2 aromatic rings. The van der Waals surface area contributed by atoms with Crippen LogP contribution in [-0.4, -0.2) is 43.3 Å². The van der Waals surface area contributed by atoms with E-state index in [2.05, 4.69) is 28.9 Å². The number of ether oxygens (including phenoxy) is 3. The zero-order valence-corrected chi connectivity index (χ0v) is 16.6. The highest BCUT2D eigenvalue weighted by Crippen LogP contribution is 2.21. The van der Waals surface area contributed by atoms with Gasteiger partial charge in [-0.25, -0.2) is 9.78 Å². The number of nitrogens with zero attached hydrogens (tertiary/aromatic N) is 1. The van der Waals surface area contributed by atoms with Crippen LogP contribution < -0.4 is 10.1 Å². The highest BCUT2D eigenvalue weighted by Gasteiger charge is 2.16. The zero-order valence-electron chi connectivity index (χ0n) is 16.6. The summed E-state index contributed by atoms with van der Waals surface area (Å²) in [6, 6.07) is 10.0. The van der Waals surface area contributed by atoms with E-state index in [1.807, 2.05) is 6.92 Å². The van der Waals surface area contributed by atoms with Gasteiger partial charge in [0.15, 0.2) is 0 Å². The van der Waals surface area contributed by atoms with Crippen molar-refractivity contribution in [2.24, 2.45) is 5.92 Å². The number of carbonyl (C=O) groups excluding carboxylic acids is 2. The number of esters is 1. The van der Waals surface area contributed by atoms with E-state index >= 15 is 0 Å². The van der Waals surface area contributed by atoms with Crippen molar-refractivity contribution in [3.05, 3.63) is 53.7 Å². The summed E-state index contributed by atoms with van der Waals surface area (Å²) in [7, 11) is 1.30. The lowest BCUT2D eigenvalue weighted by Crippen LogP contribution is -2.22. The van der Waals surface area contributed by atoms with Gasteiger partial charge in [0, 0.05) is 12.8 Å². The van der Waals surface area contributed by atoms with Crippen molar-refractivity contribution in [2.45, 2.75) is 26.9 Å². The van der Waals surface area contributed by atoms with Gasteiger partial charge in [0.2, 0.25) is 0 Å². The molecule has 150 valence electrons. The normalized spacial score (nSPS) is 11.8. The SMILES string of the molecule is COC(=O)c1ccc(NC(=O)c2ccccc2OC(C)COCC(C)C)nc1. The highest BCUT2D eigenvalue weighted by atomic mass is 16.5. The third-order valence-electron chi connectivity index (χ3n) is 3.69. The van der Waals surface area contributed by atoms with Gasteiger partial charge in [0.05, 0.1) is 24.8 Å². The Hall–Kier alpha value is -2.93. The van der Waals surface area contributed by atoms with Crippen molar-refractivity contribution in [3.8, 4) is 5.75 Å². The van der Waals surface area contributed by atoms with Gasteiger partial charge in [0.1, 0.15) is 17.7 Å². The Labute approximate surface area is 165 Å². The summed E-state index contributed by atoms with van der Waals surface area (Å²) in [6.45, 7) is 7.14. The molecule has 0 saturated heterocycles. The maximum Gasteiger partial charge on any atom is 0.339 e. The van der Waals surface area contributed by atoms with Gasteiger partial charge in [-0.2, -0.15) is 0 Å². The molecule has 28 heavy (non-hydrogen) atoms. The molecule has 0 aliphatic rings. The number of amides is 1. The molecule has 1 aromatic heterocycles. The first-order chi connectivity index (χ1) is 13.4. The average Bonchev–Trinajstić information content (AvgIpc) is 2.68. The number of methoxy groups -OCH3 is 1. The van der Waals surface area contributed by atoms with E-state index < -0.39 is 5.97 Å². The lowest BCUT2D eigenvalue weighted by atomic mass is 10.2. The average molecular weight is 386 g/mol. The number of benzene rings is 1. The first kappa shape index (κ1) is 21.4. The van der Waals surface area contributed by atoms with E-state index in [0.29, 0.717) is 41.8 Å². The summed E-state index contributed by atoms with van der Waals surface area (Å²) in [6.07, 6.45) is 1.14.